The SMILES string of the molecule is C[C@H]1NC[C@H](c2ccc3cc[nH]c3c2)c2ccccc21. The lowest BCUT2D eigenvalue weighted by Gasteiger charge is -2.31. The van der Waals surface area contributed by atoms with Crippen molar-refractivity contribution in [2.24, 2.45) is 0 Å². The van der Waals surface area contributed by atoms with Crippen LogP contribution >= 0.6 is 0 Å². The molecule has 0 amide bonds. The summed E-state index contributed by atoms with van der Waals surface area (Å²) in [6.07, 6.45) is 2.00. The van der Waals surface area contributed by atoms with Crippen LogP contribution in [0.15, 0.2) is 54.7 Å². The zero-order chi connectivity index (χ0) is 13.5. The van der Waals surface area contributed by atoms with Gasteiger partial charge in [-0.1, -0.05) is 36.4 Å². The highest BCUT2D eigenvalue weighted by Gasteiger charge is 2.25. The van der Waals surface area contributed by atoms with Crippen LogP contribution in [0.25, 0.3) is 10.9 Å². The van der Waals surface area contributed by atoms with Gasteiger partial charge in [-0.15, -0.1) is 0 Å². The number of benzene rings is 2. The lowest BCUT2D eigenvalue weighted by atomic mass is 9.83. The Morgan fingerprint density at radius 3 is 2.75 bits per heavy atom. The lowest BCUT2D eigenvalue weighted by molar-refractivity contribution is 0.508. The fourth-order valence-corrected chi connectivity index (χ4v) is 3.32. The van der Waals surface area contributed by atoms with Gasteiger partial charge in [0, 0.05) is 30.2 Å². The number of nitrogens with one attached hydrogen (secondary N) is 2. The minimum absolute atomic E-state index is 0.440. The van der Waals surface area contributed by atoms with E-state index in [0.29, 0.717) is 12.0 Å². The van der Waals surface area contributed by atoms with Crippen molar-refractivity contribution in [1.82, 2.24) is 10.3 Å². The van der Waals surface area contributed by atoms with Crippen LogP contribution < -0.4 is 5.32 Å². The first-order chi connectivity index (χ1) is 9.83. The van der Waals surface area contributed by atoms with E-state index in [-0.39, 0.29) is 0 Å². The van der Waals surface area contributed by atoms with E-state index in [1.807, 2.05) is 6.20 Å². The molecular weight excluding hydrogens is 244 g/mol. The van der Waals surface area contributed by atoms with E-state index in [1.54, 1.807) is 0 Å². The number of hydrogen-bond acceptors (Lipinski definition) is 1. The molecule has 0 unspecified atom stereocenters. The third-order valence-corrected chi connectivity index (χ3v) is 4.45. The highest BCUT2D eigenvalue weighted by Crippen LogP contribution is 2.35. The molecule has 0 saturated heterocycles. The Kier molecular flexibility index (Phi) is 2.64. The molecule has 2 atom stereocenters. The summed E-state index contributed by atoms with van der Waals surface area (Å²) in [5.74, 6) is 0.440. The molecule has 2 N–H and O–H groups in total. The molecular formula is C18H18N2. The normalized spacial score (nSPS) is 21.9. The van der Waals surface area contributed by atoms with Gasteiger partial charge in [0.05, 0.1) is 0 Å². The first kappa shape index (κ1) is 11.7. The molecule has 0 spiro atoms. The summed E-state index contributed by atoms with van der Waals surface area (Å²) in [5, 5.41) is 4.90. The molecule has 0 radical (unpaired) electrons. The van der Waals surface area contributed by atoms with E-state index in [2.05, 4.69) is 65.8 Å². The van der Waals surface area contributed by atoms with Crippen LogP contribution in [0, 0.1) is 0 Å². The van der Waals surface area contributed by atoms with Gasteiger partial charge in [-0.25, -0.2) is 0 Å². The Hall–Kier alpha value is -2.06. The number of hydrogen-bond donors (Lipinski definition) is 2. The summed E-state index contributed by atoms with van der Waals surface area (Å²) >= 11 is 0. The van der Waals surface area contributed by atoms with Crippen molar-refractivity contribution in [2.45, 2.75) is 18.9 Å². The third-order valence-electron chi connectivity index (χ3n) is 4.45. The molecule has 3 aromatic rings. The Morgan fingerprint density at radius 1 is 1.00 bits per heavy atom. The van der Waals surface area contributed by atoms with Gasteiger partial charge >= 0.3 is 0 Å². The maximum absolute atomic E-state index is 3.62. The van der Waals surface area contributed by atoms with Gasteiger partial charge in [-0.2, -0.15) is 0 Å². The van der Waals surface area contributed by atoms with Crippen molar-refractivity contribution in [3.05, 3.63) is 71.4 Å². The van der Waals surface area contributed by atoms with Crippen molar-refractivity contribution >= 4 is 10.9 Å². The highest BCUT2D eigenvalue weighted by atomic mass is 14.9. The van der Waals surface area contributed by atoms with Crippen molar-refractivity contribution in [3.63, 3.8) is 0 Å². The molecule has 1 aliphatic heterocycles. The maximum atomic E-state index is 3.62. The molecule has 1 aromatic heterocycles. The number of fused-ring (bicyclic) bond motifs is 2. The summed E-state index contributed by atoms with van der Waals surface area (Å²) in [6.45, 7) is 3.24. The second-order valence-corrected chi connectivity index (χ2v) is 5.64. The molecule has 0 bridgehead atoms. The zero-order valence-corrected chi connectivity index (χ0v) is 11.6. The van der Waals surface area contributed by atoms with E-state index in [0.717, 1.165) is 6.54 Å². The smallest absolute Gasteiger partial charge is 0.0456 e. The predicted octanol–water partition coefficient (Wildman–Crippen LogP) is 3.96. The monoisotopic (exact) mass is 262 g/mol. The second kappa shape index (κ2) is 4.50. The minimum atomic E-state index is 0.440. The van der Waals surface area contributed by atoms with E-state index in [4.69, 9.17) is 0 Å². The molecule has 20 heavy (non-hydrogen) atoms. The highest BCUT2D eigenvalue weighted by molar-refractivity contribution is 5.80. The fraction of sp³-hybridized carbons (Fsp3) is 0.222. The molecule has 2 nitrogen and oxygen atoms in total. The molecule has 0 fully saturated rings. The molecule has 2 heteroatoms. The van der Waals surface area contributed by atoms with Crippen molar-refractivity contribution in [1.29, 1.82) is 0 Å². The predicted molar refractivity (Wildman–Crippen MR) is 83.0 cm³/mol. The molecule has 100 valence electrons. The Morgan fingerprint density at radius 2 is 1.85 bits per heavy atom. The van der Waals surface area contributed by atoms with Crippen molar-refractivity contribution in [3.8, 4) is 0 Å². The quantitative estimate of drug-likeness (QED) is 0.682. The average molecular weight is 262 g/mol. The van der Waals surface area contributed by atoms with E-state index in [1.165, 1.54) is 27.6 Å². The van der Waals surface area contributed by atoms with E-state index >= 15 is 0 Å². The van der Waals surface area contributed by atoms with Gasteiger partial charge < -0.3 is 10.3 Å². The summed E-state index contributed by atoms with van der Waals surface area (Å²) in [4.78, 5) is 3.31. The Bertz CT molecular complexity index is 757. The first-order valence-corrected chi connectivity index (χ1v) is 7.22. The van der Waals surface area contributed by atoms with Gasteiger partial charge in [-0.05, 0) is 41.1 Å². The summed E-state index contributed by atoms with van der Waals surface area (Å²) in [7, 11) is 0. The summed E-state index contributed by atoms with van der Waals surface area (Å²) in [5.41, 5.74) is 5.49. The van der Waals surface area contributed by atoms with Gasteiger partial charge in [0.25, 0.3) is 0 Å². The molecule has 0 aliphatic carbocycles. The van der Waals surface area contributed by atoms with Crippen LogP contribution in [0.1, 0.15) is 35.6 Å². The molecule has 1 aliphatic rings. The van der Waals surface area contributed by atoms with Gasteiger partial charge in [0.1, 0.15) is 0 Å². The third kappa shape index (κ3) is 1.76. The average Bonchev–Trinajstić information content (AvgIpc) is 2.95. The molecule has 0 saturated carbocycles. The van der Waals surface area contributed by atoms with Crippen LogP contribution in [0.5, 0.6) is 0 Å². The zero-order valence-electron chi connectivity index (χ0n) is 11.6. The molecule has 4 rings (SSSR count). The number of aromatic nitrogens is 1. The first-order valence-electron chi connectivity index (χ1n) is 7.22. The summed E-state index contributed by atoms with van der Waals surface area (Å²) < 4.78 is 0. The van der Waals surface area contributed by atoms with Gasteiger partial charge in [0.2, 0.25) is 0 Å². The molecule has 2 aromatic carbocycles. The van der Waals surface area contributed by atoms with Gasteiger partial charge in [-0.3, -0.25) is 0 Å². The minimum Gasteiger partial charge on any atom is -0.361 e. The van der Waals surface area contributed by atoms with Crippen LogP contribution in [0.4, 0.5) is 0 Å². The lowest BCUT2D eigenvalue weighted by Crippen LogP contribution is -2.31. The second-order valence-electron chi connectivity index (χ2n) is 5.64. The van der Waals surface area contributed by atoms with Crippen LogP contribution in [-0.4, -0.2) is 11.5 Å². The van der Waals surface area contributed by atoms with Gasteiger partial charge in [0.15, 0.2) is 0 Å². The maximum Gasteiger partial charge on any atom is 0.0456 e. The van der Waals surface area contributed by atoms with Crippen LogP contribution in [0.3, 0.4) is 0 Å². The molecule has 2 heterocycles. The van der Waals surface area contributed by atoms with Crippen LogP contribution in [-0.2, 0) is 0 Å². The summed E-state index contributed by atoms with van der Waals surface area (Å²) in [6, 6.07) is 18.1. The number of aromatic amines is 1. The van der Waals surface area contributed by atoms with E-state index < -0.39 is 0 Å². The largest absolute Gasteiger partial charge is 0.361 e. The van der Waals surface area contributed by atoms with Crippen molar-refractivity contribution < 1.29 is 0 Å². The topological polar surface area (TPSA) is 27.8 Å². The van der Waals surface area contributed by atoms with E-state index in [9.17, 15) is 0 Å². The number of H-pyrrole nitrogens is 1. The number of rotatable bonds is 1. The Balaban J connectivity index is 1.84. The fourth-order valence-electron chi connectivity index (χ4n) is 3.32. The van der Waals surface area contributed by atoms with Crippen LogP contribution in [0.2, 0.25) is 0 Å². The standard InChI is InChI=1S/C18H18N2/c1-12-15-4-2-3-5-16(15)17(11-20-12)14-7-6-13-8-9-19-18(13)10-14/h2-10,12,17,19-20H,11H2,1H3/t12-,17-/m1/s1. The Labute approximate surface area is 118 Å². The van der Waals surface area contributed by atoms with Crippen molar-refractivity contribution in [2.75, 3.05) is 6.54 Å².